The van der Waals surface area contributed by atoms with E-state index >= 15 is 0 Å². The fourth-order valence-corrected chi connectivity index (χ4v) is 2.30. The Balaban J connectivity index is 2.15. The molecule has 0 unspecified atom stereocenters. The number of carbonyl (C=O) groups excluding carboxylic acids is 1. The van der Waals surface area contributed by atoms with Crippen molar-refractivity contribution in [3.8, 4) is 11.5 Å². The van der Waals surface area contributed by atoms with Crippen molar-refractivity contribution in [3.63, 3.8) is 0 Å². The molecule has 0 saturated carbocycles. The van der Waals surface area contributed by atoms with Gasteiger partial charge in [-0.15, -0.1) is 19.2 Å². The summed E-state index contributed by atoms with van der Waals surface area (Å²) in [5, 5.41) is 12.8. The standard InChI is InChI=1S/C19H19NO3S/c1-3-4-14-11-13(12-17(23-2)19(14)22)5-10-18(21)20-15-6-8-16(24)9-7-15/h3,5-12,22,24H,1,4H2,2H3,(H,20,21)/b10-5+. The number of methoxy groups -OCH3 is 1. The third kappa shape index (κ3) is 4.67. The number of anilines is 1. The second-order valence-corrected chi connectivity index (χ2v) is 5.61. The van der Waals surface area contributed by atoms with Crippen LogP contribution in [0.1, 0.15) is 11.1 Å². The van der Waals surface area contributed by atoms with Crippen molar-refractivity contribution in [2.24, 2.45) is 0 Å². The summed E-state index contributed by atoms with van der Waals surface area (Å²) in [4.78, 5) is 12.8. The second-order valence-electron chi connectivity index (χ2n) is 5.09. The molecule has 0 saturated heterocycles. The fourth-order valence-electron chi connectivity index (χ4n) is 2.15. The molecular weight excluding hydrogens is 322 g/mol. The topological polar surface area (TPSA) is 58.6 Å². The van der Waals surface area contributed by atoms with Crippen molar-refractivity contribution in [1.29, 1.82) is 0 Å². The van der Waals surface area contributed by atoms with Crippen LogP contribution >= 0.6 is 12.6 Å². The minimum Gasteiger partial charge on any atom is -0.504 e. The molecule has 0 fully saturated rings. The highest BCUT2D eigenvalue weighted by Crippen LogP contribution is 2.32. The maximum atomic E-state index is 12.0. The van der Waals surface area contributed by atoms with Crippen LogP contribution in [-0.2, 0) is 11.2 Å². The van der Waals surface area contributed by atoms with Crippen molar-refractivity contribution < 1.29 is 14.6 Å². The third-order valence-electron chi connectivity index (χ3n) is 3.32. The molecule has 0 atom stereocenters. The van der Waals surface area contributed by atoms with Crippen LogP contribution in [0.5, 0.6) is 11.5 Å². The number of ether oxygens (including phenoxy) is 1. The molecular formula is C19H19NO3S. The number of thiol groups is 1. The van der Waals surface area contributed by atoms with Crippen molar-refractivity contribution in [2.75, 3.05) is 12.4 Å². The van der Waals surface area contributed by atoms with E-state index in [4.69, 9.17) is 4.74 Å². The molecule has 0 aliphatic rings. The second kappa shape index (κ2) is 8.26. The summed E-state index contributed by atoms with van der Waals surface area (Å²) in [5.41, 5.74) is 2.13. The van der Waals surface area contributed by atoms with Gasteiger partial charge >= 0.3 is 0 Å². The SMILES string of the molecule is C=CCc1cc(/C=C/C(=O)Nc2ccc(S)cc2)cc(OC)c1O. The maximum absolute atomic E-state index is 12.0. The van der Waals surface area contributed by atoms with Crippen molar-refractivity contribution in [3.05, 3.63) is 66.3 Å². The predicted octanol–water partition coefficient (Wildman–Crippen LogP) is 4.07. The van der Waals surface area contributed by atoms with E-state index in [1.165, 1.54) is 13.2 Å². The Labute approximate surface area is 146 Å². The van der Waals surface area contributed by atoms with E-state index in [9.17, 15) is 9.90 Å². The molecule has 0 bridgehead atoms. The Morgan fingerprint density at radius 2 is 2.04 bits per heavy atom. The Bertz CT molecular complexity index is 767. The molecule has 0 heterocycles. The lowest BCUT2D eigenvalue weighted by molar-refractivity contribution is -0.111. The van der Waals surface area contributed by atoms with Crippen LogP contribution in [0, 0.1) is 0 Å². The molecule has 2 N–H and O–H groups in total. The number of hydrogen-bond donors (Lipinski definition) is 3. The van der Waals surface area contributed by atoms with Crippen LogP contribution in [-0.4, -0.2) is 18.1 Å². The Morgan fingerprint density at radius 3 is 2.67 bits per heavy atom. The Hall–Kier alpha value is -2.66. The van der Waals surface area contributed by atoms with E-state index < -0.39 is 0 Å². The van der Waals surface area contributed by atoms with Gasteiger partial charge < -0.3 is 15.2 Å². The van der Waals surface area contributed by atoms with Gasteiger partial charge in [0.05, 0.1) is 7.11 Å². The van der Waals surface area contributed by atoms with E-state index in [1.54, 1.807) is 48.6 Å². The van der Waals surface area contributed by atoms with Crippen molar-refractivity contribution in [2.45, 2.75) is 11.3 Å². The van der Waals surface area contributed by atoms with Gasteiger partial charge in [-0.05, 0) is 54.5 Å². The molecule has 1 amide bonds. The first-order chi connectivity index (χ1) is 11.5. The third-order valence-corrected chi connectivity index (χ3v) is 3.62. The quantitative estimate of drug-likeness (QED) is 0.422. The van der Waals surface area contributed by atoms with Crippen LogP contribution in [0.3, 0.4) is 0 Å². The van der Waals surface area contributed by atoms with Crippen LogP contribution in [0.15, 0.2) is 60.0 Å². The first kappa shape index (κ1) is 17.7. The predicted molar refractivity (Wildman–Crippen MR) is 99.9 cm³/mol. The van der Waals surface area contributed by atoms with E-state index in [1.807, 2.05) is 0 Å². The smallest absolute Gasteiger partial charge is 0.248 e. The minimum atomic E-state index is -0.251. The summed E-state index contributed by atoms with van der Waals surface area (Å²) in [6.07, 6.45) is 5.29. The van der Waals surface area contributed by atoms with Gasteiger partial charge in [-0.3, -0.25) is 4.79 Å². The largest absolute Gasteiger partial charge is 0.504 e. The molecule has 2 aromatic rings. The highest BCUT2D eigenvalue weighted by atomic mass is 32.1. The number of carbonyl (C=O) groups is 1. The van der Waals surface area contributed by atoms with Gasteiger partial charge in [0.25, 0.3) is 0 Å². The fraction of sp³-hybridized carbons (Fsp3) is 0.105. The number of nitrogens with one attached hydrogen (secondary N) is 1. The number of allylic oxidation sites excluding steroid dienone is 1. The lowest BCUT2D eigenvalue weighted by atomic mass is 10.1. The normalized spacial score (nSPS) is 10.6. The number of aromatic hydroxyl groups is 1. The van der Waals surface area contributed by atoms with Crippen LogP contribution < -0.4 is 10.1 Å². The van der Waals surface area contributed by atoms with Crippen molar-refractivity contribution >= 4 is 30.3 Å². The molecule has 0 spiro atoms. The zero-order valence-corrected chi connectivity index (χ0v) is 14.2. The molecule has 24 heavy (non-hydrogen) atoms. The summed E-state index contributed by atoms with van der Waals surface area (Å²) in [7, 11) is 1.48. The van der Waals surface area contributed by atoms with Gasteiger partial charge in [-0.25, -0.2) is 0 Å². The van der Waals surface area contributed by atoms with E-state index in [0.29, 0.717) is 23.4 Å². The van der Waals surface area contributed by atoms with Crippen molar-refractivity contribution in [1.82, 2.24) is 0 Å². The van der Waals surface area contributed by atoms with E-state index in [-0.39, 0.29) is 11.7 Å². The Morgan fingerprint density at radius 1 is 1.33 bits per heavy atom. The molecule has 0 radical (unpaired) electrons. The van der Waals surface area contributed by atoms with Crippen LogP contribution in [0.25, 0.3) is 6.08 Å². The molecule has 2 rings (SSSR count). The zero-order chi connectivity index (χ0) is 17.5. The first-order valence-electron chi connectivity index (χ1n) is 7.32. The number of amides is 1. The average molecular weight is 341 g/mol. The maximum Gasteiger partial charge on any atom is 0.248 e. The lowest BCUT2D eigenvalue weighted by Gasteiger charge is -2.09. The van der Waals surface area contributed by atoms with Gasteiger partial charge in [0.1, 0.15) is 0 Å². The first-order valence-corrected chi connectivity index (χ1v) is 7.77. The number of phenolic OH excluding ortho intramolecular Hbond substituents is 1. The minimum absolute atomic E-state index is 0.0887. The average Bonchev–Trinajstić information content (AvgIpc) is 2.57. The molecule has 5 heteroatoms. The van der Waals surface area contributed by atoms with Gasteiger partial charge in [0.2, 0.25) is 5.91 Å². The molecule has 124 valence electrons. The number of rotatable bonds is 6. The number of benzene rings is 2. The van der Waals surface area contributed by atoms with Crippen LogP contribution in [0.2, 0.25) is 0 Å². The van der Waals surface area contributed by atoms with Crippen LogP contribution in [0.4, 0.5) is 5.69 Å². The van der Waals surface area contributed by atoms with Gasteiger partial charge in [-0.2, -0.15) is 0 Å². The van der Waals surface area contributed by atoms with Gasteiger partial charge in [0, 0.05) is 22.2 Å². The summed E-state index contributed by atoms with van der Waals surface area (Å²) in [6.45, 7) is 3.67. The van der Waals surface area contributed by atoms with E-state index in [0.717, 1.165) is 10.5 Å². The molecule has 0 aliphatic carbocycles. The Kier molecular flexibility index (Phi) is 6.09. The lowest BCUT2D eigenvalue weighted by Crippen LogP contribution is -2.07. The highest BCUT2D eigenvalue weighted by molar-refractivity contribution is 7.80. The monoisotopic (exact) mass is 341 g/mol. The summed E-state index contributed by atoms with van der Waals surface area (Å²) < 4.78 is 5.16. The number of phenols is 1. The zero-order valence-electron chi connectivity index (χ0n) is 13.3. The summed E-state index contributed by atoms with van der Waals surface area (Å²) in [5.74, 6) is 0.198. The highest BCUT2D eigenvalue weighted by Gasteiger charge is 2.08. The molecule has 0 aliphatic heterocycles. The summed E-state index contributed by atoms with van der Waals surface area (Å²) >= 11 is 4.20. The van der Waals surface area contributed by atoms with E-state index in [2.05, 4.69) is 24.5 Å². The number of hydrogen-bond acceptors (Lipinski definition) is 4. The molecule has 0 aromatic heterocycles. The molecule has 4 nitrogen and oxygen atoms in total. The summed E-state index contributed by atoms with van der Waals surface area (Å²) in [6, 6.07) is 10.6. The van der Waals surface area contributed by atoms with Gasteiger partial charge in [-0.1, -0.05) is 6.08 Å². The molecule has 2 aromatic carbocycles. The van der Waals surface area contributed by atoms with Gasteiger partial charge in [0.15, 0.2) is 11.5 Å².